The van der Waals surface area contributed by atoms with Crippen molar-refractivity contribution < 1.29 is 24.5 Å². The predicted molar refractivity (Wildman–Crippen MR) is 167 cm³/mol. The van der Waals surface area contributed by atoms with Crippen LogP contribution in [0.2, 0.25) is 6.82 Å². The molecule has 0 aliphatic carbocycles. The lowest BCUT2D eigenvalue weighted by molar-refractivity contribution is 0.0531. The van der Waals surface area contributed by atoms with Crippen molar-refractivity contribution in [1.82, 2.24) is 24.7 Å². The van der Waals surface area contributed by atoms with Crippen LogP contribution in [0.5, 0.6) is 5.75 Å². The quantitative estimate of drug-likeness (QED) is 0.144. The zero-order chi connectivity index (χ0) is 31.1. The molecular formula is C31H35BN6O6. The Kier molecular flexibility index (Phi) is 8.01. The third kappa shape index (κ3) is 5.61. The summed E-state index contributed by atoms with van der Waals surface area (Å²) in [5.74, 6) is 0.248. The Morgan fingerprint density at radius 2 is 1.82 bits per heavy atom. The first-order valence-corrected chi connectivity index (χ1v) is 14.8. The van der Waals surface area contributed by atoms with Crippen LogP contribution in [0.1, 0.15) is 44.7 Å². The molecule has 44 heavy (non-hydrogen) atoms. The van der Waals surface area contributed by atoms with E-state index in [-0.39, 0.29) is 48.0 Å². The van der Waals surface area contributed by atoms with E-state index >= 15 is 0 Å². The van der Waals surface area contributed by atoms with Gasteiger partial charge in [-0.1, -0.05) is 17.7 Å². The maximum absolute atomic E-state index is 13.4. The number of aromatic nitrogens is 3. The Morgan fingerprint density at radius 1 is 1.09 bits per heavy atom. The lowest BCUT2D eigenvalue weighted by Crippen LogP contribution is -2.50. The maximum atomic E-state index is 13.4. The molecule has 1 atom stereocenters. The topological polar surface area (TPSA) is 164 Å². The molecular weight excluding hydrogens is 563 g/mol. The van der Waals surface area contributed by atoms with E-state index in [9.17, 15) is 24.5 Å². The van der Waals surface area contributed by atoms with E-state index in [2.05, 4.69) is 20.3 Å². The first-order valence-electron chi connectivity index (χ1n) is 14.8. The molecule has 0 radical (unpaired) electrons. The molecule has 6 rings (SSSR count). The fourth-order valence-corrected chi connectivity index (χ4v) is 6.03. The molecule has 4 aromatic rings. The molecule has 2 aromatic heterocycles. The highest BCUT2D eigenvalue weighted by atomic mass is 16.5. The molecule has 13 heteroatoms. The van der Waals surface area contributed by atoms with Crippen molar-refractivity contribution >= 4 is 35.6 Å². The fraction of sp³-hybridized carbons (Fsp3) is 0.355. The molecule has 5 N–H and O–H groups in total. The number of carbonyl (C=O) groups excluding carboxylic acids is 2. The molecule has 2 aliphatic heterocycles. The number of piperidine rings is 1. The highest BCUT2D eigenvalue weighted by Crippen LogP contribution is 2.33. The van der Waals surface area contributed by atoms with Crippen LogP contribution in [0.15, 0.2) is 47.4 Å². The van der Waals surface area contributed by atoms with Gasteiger partial charge in [0, 0.05) is 18.8 Å². The molecule has 0 spiro atoms. The Balaban J connectivity index is 1.19. The number of aromatic amines is 2. The average molecular weight is 598 g/mol. The third-order valence-corrected chi connectivity index (χ3v) is 8.40. The number of carbonyl (C=O) groups is 2. The molecule has 2 amide bonds. The van der Waals surface area contributed by atoms with Gasteiger partial charge in [0.1, 0.15) is 29.8 Å². The van der Waals surface area contributed by atoms with Gasteiger partial charge in [0.15, 0.2) is 0 Å². The number of imidazole rings is 1. The number of aliphatic hydroxyl groups excluding tert-OH is 1. The van der Waals surface area contributed by atoms with Gasteiger partial charge in [0.25, 0.3) is 17.4 Å². The van der Waals surface area contributed by atoms with Crippen molar-refractivity contribution in [3.8, 4) is 17.1 Å². The van der Waals surface area contributed by atoms with E-state index in [1.54, 1.807) is 25.0 Å². The number of fused-ring (bicyclic) bond motifs is 2. The summed E-state index contributed by atoms with van der Waals surface area (Å²) in [6.45, 7) is 7.03. The molecule has 0 saturated carbocycles. The van der Waals surface area contributed by atoms with Crippen LogP contribution in [0.25, 0.3) is 22.4 Å². The smallest absolute Gasteiger partial charge is 0.376 e. The van der Waals surface area contributed by atoms with E-state index in [0.29, 0.717) is 54.0 Å². The molecule has 2 aliphatic rings. The number of H-pyrrole nitrogens is 2. The number of aryl methyl sites for hydroxylation is 2. The lowest BCUT2D eigenvalue weighted by atomic mass is 9.82. The van der Waals surface area contributed by atoms with Gasteiger partial charge in [-0.15, -0.1) is 0 Å². The van der Waals surface area contributed by atoms with Gasteiger partial charge in [0.2, 0.25) is 0 Å². The lowest BCUT2D eigenvalue weighted by Gasteiger charge is -2.36. The number of pyridine rings is 1. The van der Waals surface area contributed by atoms with Gasteiger partial charge in [-0.25, -0.2) is 4.98 Å². The first-order chi connectivity index (χ1) is 21.1. The molecule has 1 saturated heterocycles. The predicted octanol–water partition coefficient (Wildman–Crippen LogP) is 2.56. The minimum Gasteiger partial charge on any atom is -0.491 e. The summed E-state index contributed by atoms with van der Waals surface area (Å²) in [4.78, 5) is 53.4. The summed E-state index contributed by atoms with van der Waals surface area (Å²) in [7, 11) is -0.570. The van der Waals surface area contributed by atoms with Gasteiger partial charge in [-0.3, -0.25) is 19.3 Å². The third-order valence-electron chi connectivity index (χ3n) is 8.40. The van der Waals surface area contributed by atoms with Crippen LogP contribution < -0.4 is 15.6 Å². The van der Waals surface area contributed by atoms with Gasteiger partial charge in [-0.05, 0) is 76.4 Å². The van der Waals surface area contributed by atoms with Gasteiger partial charge in [0.05, 0.1) is 27.8 Å². The van der Waals surface area contributed by atoms with E-state index in [1.807, 2.05) is 36.9 Å². The summed E-state index contributed by atoms with van der Waals surface area (Å²) in [5, 5.41) is 23.6. The van der Waals surface area contributed by atoms with Crippen molar-refractivity contribution in [2.45, 2.75) is 45.7 Å². The second kappa shape index (κ2) is 11.9. The molecule has 4 heterocycles. The monoisotopic (exact) mass is 598 g/mol. The van der Waals surface area contributed by atoms with Crippen LogP contribution in [-0.2, 0) is 0 Å². The highest BCUT2D eigenvalue weighted by molar-refractivity contribution is 6.45. The summed E-state index contributed by atoms with van der Waals surface area (Å²) in [5.41, 5.74) is 3.93. The van der Waals surface area contributed by atoms with Crippen molar-refractivity contribution in [1.29, 1.82) is 0 Å². The Hall–Kier alpha value is -4.46. The Labute approximate surface area is 254 Å². The highest BCUT2D eigenvalue weighted by Gasteiger charge is 2.42. The molecule has 0 unspecified atom stereocenters. The number of hydrogen-bond donors (Lipinski definition) is 5. The number of amides is 2. The number of ether oxygens (including phenoxy) is 1. The summed E-state index contributed by atoms with van der Waals surface area (Å²) >= 11 is 0. The van der Waals surface area contributed by atoms with Crippen molar-refractivity contribution in [2.75, 3.05) is 31.6 Å². The molecule has 228 valence electrons. The maximum Gasteiger partial charge on any atom is 0.376 e. The fourth-order valence-electron chi connectivity index (χ4n) is 6.03. The number of anilines is 1. The van der Waals surface area contributed by atoms with Gasteiger partial charge in [-0.2, -0.15) is 0 Å². The minimum absolute atomic E-state index is 0.0599. The standard InChI is InChI=1S/C31H35BN6O6/c1-17-4-5-26(18(2)12-17)44-16-20(39)15-34-23-6-9-33-29(40)27(23)28-35-24-13-21-22(14-25(24)36-28)31(42)38(30(21)41)19-7-10-37(11-8-19)32(3)43/h4-6,9,12-14,19-20,39,43H,7-8,10-11,15-16H2,1-3H3,(H,35,36)(H2,33,34,40)/t20-/m1/s1. The molecule has 2 aromatic carbocycles. The second-order valence-electron chi connectivity index (χ2n) is 11.6. The van der Waals surface area contributed by atoms with Gasteiger partial charge >= 0.3 is 7.05 Å². The normalized spacial score (nSPS) is 16.4. The Morgan fingerprint density at radius 3 is 2.52 bits per heavy atom. The summed E-state index contributed by atoms with van der Waals surface area (Å²) in [6, 6.07) is 10.5. The second-order valence-corrected chi connectivity index (χ2v) is 11.6. The van der Waals surface area contributed by atoms with Crippen LogP contribution in [0, 0.1) is 13.8 Å². The van der Waals surface area contributed by atoms with Crippen molar-refractivity contribution in [3.05, 3.63) is 75.2 Å². The Bertz CT molecular complexity index is 1740. The zero-order valence-electron chi connectivity index (χ0n) is 24.9. The average Bonchev–Trinajstić information content (AvgIpc) is 3.51. The largest absolute Gasteiger partial charge is 0.491 e. The number of rotatable bonds is 9. The summed E-state index contributed by atoms with van der Waals surface area (Å²) < 4.78 is 5.79. The van der Waals surface area contributed by atoms with Gasteiger partial charge < -0.3 is 35.0 Å². The van der Waals surface area contributed by atoms with E-state index in [1.165, 1.54) is 11.1 Å². The number of benzene rings is 2. The number of imide groups is 1. The number of hydrogen-bond acceptors (Lipinski definition) is 9. The first kappa shape index (κ1) is 29.6. The van der Waals surface area contributed by atoms with Crippen LogP contribution in [0.4, 0.5) is 5.69 Å². The van der Waals surface area contributed by atoms with Crippen molar-refractivity contribution in [2.24, 2.45) is 0 Å². The van der Waals surface area contributed by atoms with E-state index < -0.39 is 18.7 Å². The minimum atomic E-state index is -0.860. The van der Waals surface area contributed by atoms with Crippen LogP contribution in [0.3, 0.4) is 0 Å². The van der Waals surface area contributed by atoms with Crippen LogP contribution in [-0.4, -0.2) is 92.0 Å². The number of aliphatic hydroxyl groups is 1. The van der Waals surface area contributed by atoms with Crippen molar-refractivity contribution in [3.63, 3.8) is 0 Å². The zero-order valence-corrected chi connectivity index (χ0v) is 24.9. The molecule has 1 fully saturated rings. The molecule has 12 nitrogen and oxygen atoms in total. The molecule has 0 bridgehead atoms. The van der Waals surface area contributed by atoms with E-state index in [0.717, 1.165) is 11.1 Å². The summed E-state index contributed by atoms with van der Waals surface area (Å²) in [6.07, 6.45) is 1.83. The number of nitrogens with one attached hydrogen (secondary N) is 3. The number of nitrogens with zero attached hydrogens (tertiary/aromatic N) is 3. The SMILES string of the molecule is CB(O)N1CCC(N2C(=O)c3cc4nc(-c5c(NC[C@@H](O)COc6ccc(C)cc6C)cc[nH]c5=O)[nH]c4cc3C2=O)CC1. The van der Waals surface area contributed by atoms with E-state index in [4.69, 9.17) is 4.74 Å². The van der Waals surface area contributed by atoms with Crippen LogP contribution >= 0.6 is 0 Å².